The highest BCUT2D eigenvalue weighted by Gasteiger charge is 2.11. The largest absolute Gasteiger partial charge is 0.465 e. The molecule has 0 saturated heterocycles. The van der Waals surface area contributed by atoms with Crippen molar-refractivity contribution in [1.29, 1.82) is 0 Å². The van der Waals surface area contributed by atoms with Crippen LogP contribution in [0.2, 0.25) is 0 Å². The van der Waals surface area contributed by atoms with Crippen molar-refractivity contribution in [3.8, 4) is 0 Å². The minimum atomic E-state index is -0.241. The van der Waals surface area contributed by atoms with Gasteiger partial charge in [0, 0.05) is 5.92 Å². The molecule has 0 heterocycles. The summed E-state index contributed by atoms with van der Waals surface area (Å²) in [6, 6.07) is 0. The molecule has 82 valence electrons. The van der Waals surface area contributed by atoms with Gasteiger partial charge in [-0.15, -0.1) is 11.8 Å². The smallest absolute Gasteiger partial charge is 0.315 e. The molecule has 0 rings (SSSR count). The van der Waals surface area contributed by atoms with Crippen LogP contribution in [0, 0.1) is 5.92 Å². The van der Waals surface area contributed by atoms with E-state index in [9.17, 15) is 9.59 Å². The average molecular weight is 218 g/mol. The Morgan fingerprint density at radius 2 is 1.93 bits per heavy atom. The zero-order valence-corrected chi connectivity index (χ0v) is 9.86. The second-order valence-corrected chi connectivity index (χ2v) is 4.06. The van der Waals surface area contributed by atoms with Crippen LogP contribution in [-0.2, 0) is 14.3 Å². The maximum Gasteiger partial charge on any atom is 0.315 e. The summed E-state index contributed by atoms with van der Waals surface area (Å²) in [5.74, 6) is 0.755. The summed E-state index contributed by atoms with van der Waals surface area (Å²) in [6.45, 7) is 6.07. The maximum absolute atomic E-state index is 11.3. The third kappa shape index (κ3) is 6.02. The Kier molecular flexibility index (Phi) is 7.57. The van der Waals surface area contributed by atoms with Crippen LogP contribution >= 0.6 is 11.8 Å². The van der Waals surface area contributed by atoms with Crippen LogP contribution in [-0.4, -0.2) is 29.9 Å². The lowest BCUT2D eigenvalue weighted by molar-refractivity contribution is -0.139. The molecule has 0 aliphatic carbocycles. The first-order valence-electron chi connectivity index (χ1n) is 4.87. The van der Waals surface area contributed by atoms with Gasteiger partial charge in [-0.05, 0) is 13.3 Å². The van der Waals surface area contributed by atoms with Crippen LogP contribution in [0.5, 0.6) is 0 Å². The van der Waals surface area contributed by atoms with E-state index in [2.05, 4.69) is 0 Å². The van der Waals surface area contributed by atoms with Gasteiger partial charge in [0.25, 0.3) is 0 Å². The van der Waals surface area contributed by atoms with Crippen LogP contribution in [0.3, 0.4) is 0 Å². The molecular formula is C10H18O3S. The summed E-state index contributed by atoms with van der Waals surface area (Å²) in [4.78, 5) is 22.3. The Morgan fingerprint density at radius 1 is 1.29 bits per heavy atom. The van der Waals surface area contributed by atoms with E-state index in [4.69, 9.17) is 4.74 Å². The van der Waals surface area contributed by atoms with E-state index in [1.807, 2.05) is 13.8 Å². The van der Waals surface area contributed by atoms with E-state index in [1.54, 1.807) is 6.92 Å². The molecule has 0 aromatic heterocycles. The highest BCUT2D eigenvalue weighted by Crippen LogP contribution is 2.08. The molecule has 1 atom stereocenters. The summed E-state index contributed by atoms with van der Waals surface area (Å²) >= 11 is 1.33. The summed E-state index contributed by atoms with van der Waals surface area (Å²) < 4.78 is 4.74. The number of carbonyl (C=O) groups excluding carboxylic acids is 2. The fraction of sp³-hybridized carbons (Fsp3) is 0.800. The lowest BCUT2D eigenvalue weighted by Crippen LogP contribution is -2.14. The predicted octanol–water partition coefficient (Wildman–Crippen LogP) is 1.90. The highest BCUT2D eigenvalue weighted by molar-refractivity contribution is 8.00. The van der Waals surface area contributed by atoms with Gasteiger partial charge < -0.3 is 4.74 Å². The molecule has 0 N–H and O–H groups in total. The number of esters is 1. The molecule has 3 nitrogen and oxygen atoms in total. The number of hydrogen-bond donors (Lipinski definition) is 0. The maximum atomic E-state index is 11.3. The average Bonchev–Trinajstić information content (AvgIpc) is 2.16. The standard InChI is InChI=1S/C10H18O3S/c1-4-8(3)9(11)6-14-7-10(12)13-5-2/h8H,4-7H2,1-3H3. The van der Waals surface area contributed by atoms with Crippen molar-refractivity contribution in [2.24, 2.45) is 5.92 Å². The Morgan fingerprint density at radius 3 is 2.43 bits per heavy atom. The number of thioether (sulfide) groups is 1. The Balaban J connectivity index is 3.54. The molecule has 0 aliphatic heterocycles. The van der Waals surface area contributed by atoms with Crippen LogP contribution in [0.15, 0.2) is 0 Å². The van der Waals surface area contributed by atoms with Crippen LogP contribution < -0.4 is 0 Å². The van der Waals surface area contributed by atoms with Crippen molar-refractivity contribution in [2.45, 2.75) is 27.2 Å². The van der Waals surface area contributed by atoms with Gasteiger partial charge in [-0.1, -0.05) is 13.8 Å². The number of ether oxygens (including phenoxy) is 1. The highest BCUT2D eigenvalue weighted by atomic mass is 32.2. The summed E-state index contributed by atoms with van der Waals surface area (Å²) in [5, 5.41) is 0. The van der Waals surface area contributed by atoms with E-state index >= 15 is 0 Å². The summed E-state index contributed by atoms with van der Waals surface area (Å²) in [5.41, 5.74) is 0. The number of hydrogen-bond acceptors (Lipinski definition) is 4. The lowest BCUT2D eigenvalue weighted by Gasteiger charge is -2.06. The fourth-order valence-electron chi connectivity index (χ4n) is 0.808. The van der Waals surface area contributed by atoms with Gasteiger partial charge in [0.05, 0.1) is 18.1 Å². The van der Waals surface area contributed by atoms with Gasteiger partial charge in [-0.2, -0.15) is 0 Å². The molecule has 0 amide bonds. The molecule has 0 aromatic carbocycles. The fourth-order valence-corrected chi connectivity index (χ4v) is 1.65. The molecule has 4 heteroatoms. The monoisotopic (exact) mass is 218 g/mol. The van der Waals surface area contributed by atoms with Crippen molar-refractivity contribution in [3.05, 3.63) is 0 Å². The Labute approximate surface area is 89.6 Å². The molecule has 14 heavy (non-hydrogen) atoms. The first-order valence-corrected chi connectivity index (χ1v) is 6.03. The van der Waals surface area contributed by atoms with E-state index in [0.29, 0.717) is 12.4 Å². The van der Waals surface area contributed by atoms with E-state index in [0.717, 1.165) is 6.42 Å². The lowest BCUT2D eigenvalue weighted by atomic mass is 10.1. The van der Waals surface area contributed by atoms with E-state index in [1.165, 1.54) is 11.8 Å². The zero-order valence-electron chi connectivity index (χ0n) is 9.04. The van der Waals surface area contributed by atoms with Gasteiger partial charge in [0.1, 0.15) is 5.78 Å². The van der Waals surface area contributed by atoms with Crippen molar-refractivity contribution in [1.82, 2.24) is 0 Å². The Hall–Kier alpha value is -0.510. The number of ketones is 1. The van der Waals surface area contributed by atoms with Gasteiger partial charge in [-0.25, -0.2) is 0 Å². The normalized spacial score (nSPS) is 12.2. The number of rotatable bonds is 7. The topological polar surface area (TPSA) is 43.4 Å². The zero-order chi connectivity index (χ0) is 11.0. The quantitative estimate of drug-likeness (QED) is 0.612. The van der Waals surface area contributed by atoms with Gasteiger partial charge in [-0.3, -0.25) is 9.59 Å². The molecule has 0 bridgehead atoms. The van der Waals surface area contributed by atoms with Gasteiger partial charge in [0.15, 0.2) is 0 Å². The van der Waals surface area contributed by atoms with Crippen molar-refractivity contribution < 1.29 is 14.3 Å². The minimum absolute atomic E-state index is 0.102. The molecule has 0 saturated carbocycles. The van der Waals surface area contributed by atoms with Crippen LogP contribution in [0.25, 0.3) is 0 Å². The summed E-state index contributed by atoms with van der Waals surface area (Å²) in [6.07, 6.45) is 0.860. The summed E-state index contributed by atoms with van der Waals surface area (Å²) in [7, 11) is 0. The minimum Gasteiger partial charge on any atom is -0.465 e. The molecule has 0 radical (unpaired) electrons. The van der Waals surface area contributed by atoms with E-state index < -0.39 is 0 Å². The molecular weight excluding hydrogens is 200 g/mol. The van der Waals surface area contributed by atoms with Crippen LogP contribution in [0.1, 0.15) is 27.2 Å². The first-order chi connectivity index (χ1) is 6.61. The third-order valence-electron chi connectivity index (χ3n) is 1.93. The van der Waals surface area contributed by atoms with Crippen molar-refractivity contribution in [2.75, 3.05) is 18.1 Å². The SMILES string of the molecule is CCOC(=O)CSCC(=O)C(C)CC. The molecule has 1 unspecified atom stereocenters. The van der Waals surface area contributed by atoms with Gasteiger partial charge in [0.2, 0.25) is 0 Å². The van der Waals surface area contributed by atoms with E-state index in [-0.39, 0.29) is 23.4 Å². The third-order valence-corrected chi connectivity index (χ3v) is 2.86. The number of carbonyl (C=O) groups is 2. The second kappa shape index (κ2) is 7.85. The first kappa shape index (κ1) is 13.5. The van der Waals surface area contributed by atoms with Crippen molar-refractivity contribution >= 4 is 23.5 Å². The molecule has 0 aliphatic rings. The second-order valence-electron chi connectivity index (χ2n) is 3.07. The predicted molar refractivity (Wildman–Crippen MR) is 58.4 cm³/mol. The van der Waals surface area contributed by atoms with Gasteiger partial charge >= 0.3 is 5.97 Å². The molecule has 0 aromatic rings. The number of Topliss-reactive ketones (excluding diaryl/α,β-unsaturated/α-hetero) is 1. The molecule has 0 spiro atoms. The Bertz CT molecular complexity index is 192. The molecule has 0 fully saturated rings. The van der Waals surface area contributed by atoms with Crippen molar-refractivity contribution in [3.63, 3.8) is 0 Å². The van der Waals surface area contributed by atoms with Crippen LogP contribution in [0.4, 0.5) is 0 Å².